The van der Waals surface area contributed by atoms with Gasteiger partial charge in [-0.25, -0.2) is 4.79 Å². The predicted octanol–water partition coefficient (Wildman–Crippen LogP) is 2.77. The second-order valence-corrected chi connectivity index (χ2v) is 6.19. The molecule has 0 aromatic heterocycles. The molecule has 0 spiro atoms. The summed E-state index contributed by atoms with van der Waals surface area (Å²) in [5.41, 5.74) is 4.80. The maximum Gasteiger partial charge on any atom is 0.410 e. The van der Waals surface area contributed by atoms with E-state index >= 15 is 0 Å². The Bertz CT molecular complexity index is 339. The molecule has 0 aromatic rings. The highest BCUT2D eigenvalue weighted by Gasteiger charge is 2.45. The Kier molecular flexibility index (Phi) is 5.29. The number of ether oxygens (including phenoxy) is 1. The maximum atomic E-state index is 13.0. The molecule has 1 amide bonds. The van der Waals surface area contributed by atoms with Gasteiger partial charge >= 0.3 is 12.3 Å². The lowest BCUT2D eigenvalue weighted by atomic mass is 9.87. The number of hydrogen-bond donors (Lipinski definition) is 1. The first-order valence-corrected chi connectivity index (χ1v) is 6.79. The highest BCUT2D eigenvalue weighted by atomic mass is 19.4. The number of rotatable bonds is 1. The van der Waals surface area contributed by atoms with Gasteiger partial charge in [-0.15, -0.1) is 0 Å². The molecular formula is C13H23F3N2O2. The third-order valence-electron chi connectivity index (χ3n) is 3.42. The van der Waals surface area contributed by atoms with Crippen LogP contribution in [-0.2, 0) is 4.74 Å². The normalized spacial score (nSPS) is 25.2. The van der Waals surface area contributed by atoms with Crippen LogP contribution in [0.1, 0.15) is 33.6 Å². The molecule has 1 heterocycles. The fourth-order valence-corrected chi connectivity index (χ4v) is 2.39. The van der Waals surface area contributed by atoms with Crippen LogP contribution in [-0.4, -0.2) is 42.4 Å². The molecular weight excluding hydrogens is 273 g/mol. The third-order valence-corrected chi connectivity index (χ3v) is 3.42. The Hall–Kier alpha value is -0.980. The van der Waals surface area contributed by atoms with Crippen molar-refractivity contribution in [3.63, 3.8) is 0 Å². The average molecular weight is 296 g/mol. The summed E-state index contributed by atoms with van der Waals surface area (Å²) in [6.07, 6.45) is -4.70. The van der Waals surface area contributed by atoms with E-state index in [1.165, 1.54) is 4.90 Å². The Morgan fingerprint density at radius 1 is 1.25 bits per heavy atom. The van der Waals surface area contributed by atoms with Crippen molar-refractivity contribution >= 4 is 6.09 Å². The van der Waals surface area contributed by atoms with Crippen LogP contribution in [0.4, 0.5) is 18.0 Å². The molecule has 1 rings (SSSR count). The first-order valence-electron chi connectivity index (χ1n) is 6.79. The van der Waals surface area contributed by atoms with E-state index in [0.717, 1.165) is 0 Å². The van der Waals surface area contributed by atoms with Gasteiger partial charge < -0.3 is 15.4 Å². The Labute approximate surface area is 117 Å². The molecule has 1 saturated heterocycles. The molecule has 118 valence electrons. The largest absolute Gasteiger partial charge is 0.444 e. The number of carbonyl (C=O) groups excluding carboxylic acids is 1. The summed E-state index contributed by atoms with van der Waals surface area (Å²) in [6.45, 7) is 5.46. The zero-order chi connectivity index (χ0) is 15.6. The van der Waals surface area contributed by atoms with Gasteiger partial charge in [0, 0.05) is 13.1 Å². The molecule has 0 aromatic carbocycles. The van der Waals surface area contributed by atoms with Crippen molar-refractivity contribution < 1.29 is 22.7 Å². The second kappa shape index (κ2) is 6.20. The van der Waals surface area contributed by atoms with Crippen LogP contribution < -0.4 is 5.73 Å². The van der Waals surface area contributed by atoms with Gasteiger partial charge in [0.2, 0.25) is 0 Å². The number of hydrogen-bond acceptors (Lipinski definition) is 3. The fourth-order valence-electron chi connectivity index (χ4n) is 2.39. The molecule has 2 unspecified atom stereocenters. The van der Waals surface area contributed by atoms with Gasteiger partial charge in [0.25, 0.3) is 0 Å². The maximum absolute atomic E-state index is 13.0. The van der Waals surface area contributed by atoms with E-state index in [2.05, 4.69) is 0 Å². The van der Waals surface area contributed by atoms with Gasteiger partial charge in [0.1, 0.15) is 5.60 Å². The van der Waals surface area contributed by atoms with Crippen LogP contribution in [0.2, 0.25) is 0 Å². The van der Waals surface area contributed by atoms with E-state index < -0.39 is 29.7 Å². The van der Waals surface area contributed by atoms with Crippen molar-refractivity contribution in [3.8, 4) is 0 Å². The minimum atomic E-state index is -4.27. The number of halogens is 3. The van der Waals surface area contributed by atoms with Crippen LogP contribution in [0.15, 0.2) is 0 Å². The van der Waals surface area contributed by atoms with Crippen molar-refractivity contribution in [1.82, 2.24) is 4.90 Å². The molecule has 2 atom stereocenters. The molecule has 1 aliphatic heterocycles. The van der Waals surface area contributed by atoms with Crippen LogP contribution in [0.3, 0.4) is 0 Å². The van der Waals surface area contributed by atoms with Crippen LogP contribution in [0, 0.1) is 11.8 Å². The van der Waals surface area contributed by atoms with Gasteiger partial charge in [-0.3, -0.25) is 0 Å². The quantitative estimate of drug-likeness (QED) is 0.809. The van der Waals surface area contributed by atoms with Crippen LogP contribution in [0.25, 0.3) is 0 Å². The fraction of sp³-hybridized carbons (Fsp3) is 0.923. The lowest BCUT2D eigenvalue weighted by molar-refractivity contribution is -0.188. The summed E-state index contributed by atoms with van der Waals surface area (Å²) >= 11 is 0. The number of nitrogens with zero attached hydrogens (tertiary/aromatic N) is 1. The van der Waals surface area contributed by atoms with Crippen molar-refractivity contribution in [2.24, 2.45) is 17.6 Å². The van der Waals surface area contributed by atoms with Crippen molar-refractivity contribution in [2.45, 2.75) is 45.4 Å². The SMILES string of the molecule is CC(C)(C)OC(=O)N1CCC(CN)C(C(F)(F)F)CC1. The molecule has 1 fully saturated rings. The van der Waals surface area contributed by atoms with Crippen LogP contribution in [0.5, 0.6) is 0 Å². The summed E-state index contributed by atoms with van der Waals surface area (Å²) in [7, 11) is 0. The summed E-state index contributed by atoms with van der Waals surface area (Å²) < 4.78 is 44.1. The zero-order valence-corrected chi connectivity index (χ0v) is 12.2. The number of nitrogens with two attached hydrogens (primary N) is 1. The standard InChI is InChI=1S/C13H23F3N2O2/c1-12(2,3)20-11(19)18-6-4-9(8-17)10(5-7-18)13(14,15)16/h9-10H,4-8,17H2,1-3H3. The monoisotopic (exact) mass is 296 g/mol. The Balaban J connectivity index is 2.72. The molecule has 1 aliphatic rings. The van der Waals surface area contributed by atoms with Gasteiger partial charge in [0.05, 0.1) is 5.92 Å². The molecule has 0 saturated carbocycles. The van der Waals surface area contributed by atoms with E-state index in [-0.39, 0.29) is 32.5 Å². The molecule has 4 nitrogen and oxygen atoms in total. The minimum Gasteiger partial charge on any atom is -0.444 e. The van der Waals surface area contributed by atoms with E-state index in [9.17, 15) is 18.0 Å². The van der Waals surface area contributed by atoms with Crippen molar-refractivity contribution in [2.75, 3.05) is 19.6 Å². The minimum absolute atomic E-state index is 0.0215. The summed E-state index contributed by atoms with van der Waals surface area (Å²) in [5.74, 6) is -2.08. The van der Waals surface area contributed by atoms with Gasteiger partial charge in [0.15, 0.2) is 0 Å². The smallest absolute Gasteiger partial charge is 0.410 e. The van der Waals surface area contributed by atoms with E-state index in [0.29, 0.717) is 0 Å². The lowest BCUT2D eigenvalue weighted by Crippen LogP contribution is -2.37. The highest BCUT2D eigenvalue weighted by molar-refractivity contribution is 5.68. The van der Waals surface area contributed by atoms with E-state index in [1.807, 2.05) is 0 Å². The van der Waals surface area contributed by atoms with E-state index in [1.54, 1.807) is 20.8 Å². The molecule has 0 aliphatic carbocycles. The predicted molar refractivity (Wildman–Crippen MR) is 69.1 cm³/mol. The Morgan fingerprint density at radius 2 is 1.80 bits per heavy atom. The topological polar surface area (TPSA) is 55.6 Å². The van der Waals surface area contributed by atoms with Crippen molar-refractivity contribution in [1.29, 1.82) is 0 Å². The first-order chi connectivity index (χ1) is 9.04. The molecule has 7 heteroatoms. The van der Waals surface area contributed by atoms with Crippen molar-refractivity contribution in [3.05, 3.63) is 0 Å². The highest BCUT2D eigenvalue weighted by Crippen LogP contribution is 2.37. The Morgan fingerprint density at radius 3 is 2.25 bits per heavy atom. The number of carbonyl (C=O) groups is 1. The summed E-state index contributed by atoms with van der Waals surface area (Å²) in [4.78, 5) is 13.3. The first kappa shape index (κ1) is 17.1. The van der Waals surface area contributed by atoms with Crippen LogP contribution >= 0.6 is 0 Å². The number of likely N-dealkylation sites (tertiary alicyclic amines) is 1. The molecule has 20 heavy (non-hydrogen) atoms. The average Bonchev–Trinajstić information content (AvgIpc) is 2.47. The summed E-state index contributed by atoms with van der Waals surface area (Å²) in [5, 5.41) is 0. The second-order valence-electron chi connectivity index (χ2n) is 6.19. The van der Waals surface area contributed by atoms with Gasteiger partial charge in [-0.2, -0.15) is 13.2 Å². The zero-order valence-electron chi connectivity index (χ0n) is 12.2. The molecule has 0 radical (unpaired) electrons. The number of alkyl halides is 3. The number of amides is 1. The van der Waals surface area contributed by atoms with Gasteiger partial charge in [-0.05, 0) is 46.1 Å². The van der Waals surface area contributed by atoms with E-state index in [4.69, 9.17) is 10.5 Å². The third kappa shape index (κ3) is 4.85. The summed E-state index contributed by atoms with van der Waals surface area (Å²) in [6, 6.07) is 0. The molecule has 2 N–H and O–H groups in total. The molecule has 0 bridgehead atoms. The van der Waals surface area contributed by atoms with Gasteiger partial charge in [-0.1, -0.05) is 0 Å². The lowest BCUT2D eigenvalue weighted by Gasteiger charge is -2.26.